The van der Waals surface area contributed by atoms with Gasteiger partial charge < -0.3 is 13.4 Å². The Morgan fingerprint density at radius 2 is 0.896 bits per heavy atom. The van der Waals surface area contributed by atoms with Gasteiger partial charge in [0.05, 0.1) is 16.7 Å². The van der Waals surface area contributed by atoms with Gasteiger partial charge in [-0.15, -0.1) is 0 Å². The molecular formula is C61H36N4O2. The highest BCUT2D eigenvalue weighted by Crippen LogP contribution is 2.44. The third kappa shape index (κ3) is 6.00. The Bertz CT molecular complexity index is 4260. The molecule has 0 bridgehead atoms. The molecule has 4 heterocycles. The first-order valence-electron chi connectivity index (χ1n) is 22.5. The Balaban J connectivity index is 1.03. The van der Waals surface area contributed by atoms with Crippen molar-refractivity contribution < 1.29 is 8.83 Å². The van der Waals surface area contributed by atoms with Crippen LogP contribution in [0.2, 0.25) is 0 Å². The fraction of sp³-hybridized carbons (Fsp3) is 0. The van der Waals surface area contributed by atoms with Crippen LogP contribution in [0.3, 0.4) is 0 Å². The lowest BCUT2D eigenvalue weighted by Gasteiger charge is -2.15. The molecule has 0 radical (unpaired) electrons. The largest absolute Gasteiger partial charge is 0.456 e. The van der Waals surface area contributed by atoms with E-state index in [2.05, 4.69) is 150 Å². The Labute approximate surface area is 383 Å². The number of rotatable bonds is 6. The molecule has 14 rings (SSSR count). The third-order valence-corrected chi connectivity index (χ3v) is 13.2. The van der Waals surface area contributed by atoms with Crippen molar-refractivity contribution in [3.8, 4) is 62.1 Å². The van der Waals surface area contributed by atoms with Gasteiger partial charge >= 0.3 is 0 Å². The second-order valence-electron chi connectivity index (χ2n) is 17.1. The molecule has 0 spiro atoms. The highest BCUT2D eigenvalue weighted by atomic mass is 16.3. The van der Waals surface area contributed by atoms with Crippen LogP contribution >= 0.6 is 0 Å². The Kier molecular flexibility index (Phi) is 8.18. The third-order valence-electron chi connectivity index (χ3n) is 13.2. The maximum Gasteiger partial charge on any atom is 0.164 e. The summed E-state index contributed by atoms with van der Waals surface area (Å²) < 4.78 is 15.5. The number of aromatic nitrogens is 4. The summed E-state index contributed by atoms with van der Waals surface area (Å²) in [5.41, 5.74) is 13.6. The van der Waals surface area contributed by atoms with Crippen molar-refractivity contribution in [2.24, 2.45) is 0 Å². The monoisotopic (exact) mass is 856 g/mol. The van der Waals surface area contributed by atoms with Crippen molar-refractivity contribution in [2.75, 3.05) is 0 Å². The van der Waals surface area contributed by atoms with Crippen molar-refractivity contribution in [1.82, 2.24) is 19.5 Å². The number of hydrogen-bond acceptors (Lipinski definition) is 5. The van der Waals surface area contributed by atoms with Crippen LogP contribution in [0.15, 0.2) is 227 Å². The van der Waals surface area contributed by atoms with E-state index < -0.39 is 0 Å². The molecule has 0 atom stereocenters. The first kappa shape index (κ1) is 37.3. The molecule has 0 saturated heterocycles. The Hall–Kier alpha value is -9.13. The predicted octanol–water partition coefficient (Wildman–Crippen LogP) is 16.3. The molecule has 0 aliphatic carbocycles. The molecule has 0 unspecified atom stereocenters. The minimum absolute atomic E-state index is 0.557. The summed E-state index contributed by atoms with van der Waals surface area (Å²) in [4.78, 5) is 15.6. The predicted molar refractivity (Wildman–Crippen MR) is 273 cm³/mol. The van der Waals surface area contributed by atoms with Gasteiger partial charge in [-0.1, -0.05) is 158 Å². The topological polar surface area (TPSA) is 69.9 Å². The molecule has 0 aliphatic rings. The maximum atomic E-state index is 6.93. The zero-order valence-electron chi connectivity index (χ0n) is 35.9. The zero-order valence-corrected chi connectivity index (χ0v) is 35.9. The summed E-state index contributed by atoms with van der Waals surface area (Å²) in [7, 11) is 0. The summed E-state index contributed by atoms with van der Waals surface area (Å²) in [5, 5.41) is 8.76. The fourth-order valence-electron chi connectivity index (χ4n) is 10.1. The minimum atomic E-state index is 0.557. The smallest absolute Gasteiger partial charge is 0.164 e. The first-order valence-corrected chi connectivity index (χ1v) is 22.5. The molecule has 312 valence electrons. The van der Waals surface area contributed by atoms with Crippen LogP contribution in [0.25, 0.3) is 139 Å². The quantitative estimate of drug-likeness (QED) is 0.167. The zero-order chi connectivity index (χ0) is 44.0. The number of fused-ring (bicyclic) bond motifs is 10. The van der Waals surface area contributed by atoms with Gasteiger partial charge in [0, 0.05) is 60.6 Å². The summed E-state index contributed by atoms with van der Waals surface area (Å²) in [6.07, 6.45) is 0. The number of benzene rings is 10. The number of nitrogens with zero attached hydrogens (tertiary/aromatic N) is 4. The molecule has 0 N–H and O–H groups in total. The van der Waals surface area contributed by atoms with Gasteiger partial charge in [0.1, 0.15) is 22.3 Å². The molecule has 6 nitrogen and oxygen atoms in total. The SMILES string of the molecule is c1ccc(-c2ccc(-c3cc4c(cc3-n3c5ccccc5c5cc6ccccc6cc53)oc3cccc(-c5nc(-c6ccccc6)nc(-c6ccc7oc8ccccc8c7c6)n5)c34)cc2)cc1. The van der Waals surface area contributed by atoms with E-state index in [0.29, 0.717) is 17.5 Å². The lowest BCUT2D eigenvalue weighted by Crippen LogP contribution is -2.00. The second kappa shape index (κ2) is 14.7. The van der Waals surface area contributed by atoms with Crippen LogP contribution in [0.5, 0.6) is 0 Å². The summed E-state index contributed by atoms with van der Waals surface area (Å²) in [5.74, 6) is 1.71. The van der Waals surface area contributed by atoms with Crippen molar-refractivity contribution in [2.45, 2.75) is 0 Å². The van der Waals surface area contributed by atoms with Crippen LogP contribution in [-0.4, -0.2) is 19.5 Å². The van der Waals surface area contributed by atoms with E-state index in [0.717, 1.165) is 94.0 Å². The van der Waals surface area contributed by atoms with Gasteiger partial charge in [-0.3, -0.25) is 0 Å². The van der Waals surface area contributed by atoms with Gasteiger partial charge in [-0.05, 0) is 82.1 Å². The van der Waals surface area contributed by atoms with Crippen molar-refractivity contribution in [3.63, 3.8) is 0 Å². The Morgan fingerprint density at radius 3 is 1.72 bits per heavy atom. The molecule has 10 aromatic carbocycles. The van der Waals surface area contributed by atoms with Gasteiger partial charge in [0.25, 0.3) is 0 Å². The van der Waals surface area contributed by atoms with Crippen LogP contribution < -0.4 is 0 Å². The van der Waals surface area contributed by atoms with Crippen molar-refractivity contribution in [3.05, 3.63) is 218 Å². The Morgan fingerprint density at radius 1 is 0.299 bits per heavy atom. The maximum absolute atomic E-state index is 6.93. The molecule has 67 heavy (non-hydrogen) atoms. The molecule has 0 amide bonds. The second-order valence-corrected chi connectivity index (χ2v) is 17.1. The van der Waals surface area contributed by atoms with Crippen LogP contribution in [0.4, 0.5) is 0 Å². The first-order chi connectivity index (χ1) is 33.2. The molecule has 0 saturated carbocycles. The molecule has 0 aliphatic heterocycles. The van der Waals surface area contributed by atoms with E-state index in [9.17, 15) is 0 Å². The fourth-order valence-corrected chi connectivity index (χ4v) is 10.1. The molecular weight excluding hydrogens is 821 g/mol. The summed E-state index contributed by atoms with van der Waals surface area (Å²) in [6, 6.07) is 76.5. The van der Waals surface area contributed by atoms with E-state index in [-0.39, 0.29) is 0 Å². The molecule has 0 fully saturated rings. The highest BCUT2D eigenvalue weighted by molar-refractivity contribution is 6.17. The van der Waals surface area contributed by atoms with Gasteiger partial charge in [-0.2, -0.15) is 0 Å². The number of para-hydroxylation sites is 2. The van der Waals surface area contributed by atoms with E-state index in [1.165, 1.54) is 27.1 Å². The summed E-state index contributed by atoms with van der Waals surface area (Å²) in [6.45, 7) is 0. The van der Waals surface area contributed by atoms with Crippen LogP contribution in [-0.2, 0) is 0 Å². The minimum Gasteiger partial charge on any atom is -0.456 e. The number of hydrogen-bond donors (Lipinski definition) is 0. The van der Waals surface area contributed by atoms with Crippen molar-refractivity contribution in [1.29, 1.82) is 0 Å². The van der Waals surface area contributed by atoms with Gasteiger partial charge in [-0.25, -0.2) is 15.0 Å². The number of furan rings is 2. The normalized spacial score (nSPS) is 11.9. The van der Waals surface area contributed by atoms with Crippen LogP contribution in [0, 0.1) is 0 Å². The van der Waals surface area contributed by atoms with Gasteiger partial charge in [0.15, 0.2) is 17.5 Å². The average molecular weight is 857 g/mol. The van der Waals surface area contributed by atoms with E-state index in [1.807, 2.05) is 72.8 Å². The highest BCUT2D eigenvalue weighted by Gasteiger charge is 2.23. The van der Waals surface area contributed by atoms with Crippen molar-refractivity contribution >= 4 is 76.5 Å². The van der Waals surface area contributed by atoms with Crippen LogP contribution in [0.1, 0.15) is 0 Å². The van der Waals surface area contributed by atoms with E-state index >= 15 is 0 Å². The molecule has 4 aromatic heterocycles. The van der Waals surface area contributed by atoms with Gasteiger partial charge in [0.2, 0.25) is 0 Å². The van der Waals surface area contributed by atoms with E-state index in [4.69, 9.17) is 23.8 Å². The standard InChI is InChI=1S/C61H36N4O2/c1-3-14-37(15-4-1)38-26-28-39(29-27-38)47-35-50-57(36-53(47)65-51-23-11-9-20-44(51)48-32-41-18-7-8-19-42(41)34-52(48)65)67-56-25-13-22-46(58(50)56)61-63-59(40-16-5-2-6-17-40)62-60(64-61)43-30-31-55-49(33-43)45-21-10-12-24-54(45)66-55/h1-36H. The molecule has 14 aromatic rings. The van der Waals surface area contributed by atoms with E-state index in [1.54, 1.807) is 0 Å². The summed E-state index contributed by atoms with van der Waals surface area (Å²) >= 11 is 0. The molecule has 6 heteroatoms. The lowest BCUT2D eigenvalue weighted by atomic mass is 9.96. The average Bonchev–Trinajstić information content (AvgIpc) is 4.06. The lowest BCUT2D eigenvalue weighted by molar-refractivity contribution is 0.668.